The van der Waals surface area contributed by atoms with E-state index in [4.69, 9.17) is 9.47 Å². The van der Waals surface area contributed by atoms with Crippen LogP contribution in [0.3, 0.4) is 0 Å². The highest BCUT2D eigenvalue weighted by atomic mass is 16.5. The summed E-state index contributed by atoms with van der Waals surface area (Å²) in [6, 6.07) is 16.4. The van der Waals surface area contributed by atoms with Gasteiger partial charge in [-0.05, 0) is 37.5 Å². The normalized spacial score (nSPS) is 10.2. The van der Waals surface area contributed by atoms with Gasteiger partial charge in [0.15, 0.2) is 11.5 Å². The lowest BCUT2D eigenvalue weighted by atomic mass is 10.1. The van der Waals surface area contributed by atoms with Crippen molar-refractivity contribution in [2.24, 2.45) is 0 Å². The quantitative estimate of drug-likeness (QED) is 0.739. The Morgan fingerprint density at radius 3 is 2.52 bits per heavy atom. The Morgan fingerprint density at radius 1 is 1.00 bits per heavy atom. The monoisotopic (exact) mass is 285 g/mol. The second-order valence-corrected chi connectivity index (χ2v) is 4.83. The Labute approximate surface area is 126 Å². The Bertz CT molecular complexity index is 540. The van der Waals surface area contributed by atoms with Gasteiger partial charge in [0.2, 0.25) is 0 Å². The SMILES string of the molecule is CCNc1ccc(OCCCc2ccccc2)c(OC)c1. The van der Waals surface area contributed by atoms with Crippen LogP contribution < -0.4 is 14.8 Å². The molecule has 3 heteroatoms. The van der Waals surface area contributed by atoms with E-state index in [1.165, 1.54) is 5.56 Å². The highest BCUT2D eigenvalue weighted by Crippen LogP contribution is 2.30. The summed E-state index contributed by atoms with van der Waals surface area (Å²) in [5.41, 5.74) is 2.39. The van der Waals surface area contributed by atoms with Crippen molar-refractivity contribution in [2.75, 3.05) is 25.6 Å². The topological polar surface area (TPSA) is 30.5 Å². The van der Waals surface area contributed by atoms with Gasteiger partial charge in [-0.1, -0.05) is 30.3 Å². The van der Waals surface area contributed by atoms with E-state index in [0.29, 0.717) is 6.61 Å². The number of ether oxygens (including phenoxy) is 2. The summed E-state index contributed by atoms with van der Waals surface area (Å²) in [4.78, 5) is 0. The Morgan fingerprint density at radius 2 is 1.81 bits per heavy atom. The van der Waals surface area contributed by atoms with Crippen molar-refractivity contribution in [3.8, 4) is 11.5 Å². The first kappa shape index (κ1) is 15.2. The number of rotatable bonds is 8. The van der Waals surface area contributed by atoms with Gasteiger partial charge in [-0.2, -0.15) is 0 Å². The number of aryl methyl sites for hydroxylation is 1. The molecule has 0 saturated heterocycles. The van der Waals surface area contributed by atoms with Crippen molar-refractivity contribution in [1.29, 1.82) is 0 Å². The smallest absolute Gasteiger partial charge is 0.162 e. The minimum Gasteiger partial charge on any atom is -0.493 e. The second-order valence-electron chi connectivity index (χ2n) is 4.83. The minimum absolute atomic E-state index is 0.686. The van der Waals surface area contributed by atoms with Crippen LogP contribution in [-0.2, 0) is 6.42 Å². The van der Waals surface area contributed by atoms with Gasteiger partial charge < -0.3 is 14.8 Å². The van der Waals surface area contributed by atoms with Gasteiger partial charge in [-0.3, -0.25) is 0 Å². The maximum atomic E-state index is 5.83. The largest absolute Gasteiger partial charge is 0.493 e. The molecular weight excluding hydrogens is 262 g/mol. The predicted octanol–water partition coefficient (Wildman–Crippen LogP) is 4.14. The lowest BCUT2D eigenvalue weighted by Crippen LogP contribution is -2.02. The zero-order valence-corrected chi connectivity index (χ0v) is 12.8. The highest BCUT2D eigenvalue weighted by Gasteiger charge is 2.05. The van der Waals surface area contributed by atoms with Crippen LogP contribution in [0.25, 0.3) is 0 Å². The van der Waals surface area contributed by atoms with Crippen LogP contribution >= 0.6 is 0 Å². The van der Waals surface area contributed by atoms with E-state index in [-0.39, 0.29) is 0 Å². The molecule has 0 aliphatic carbocycles. The van der Waals surface area contributed by atoms with E-state index in [0.717, 1.165) is 36.6 Å². The summed E-state index contributed by atoms with van der Waals surface area (Å²) in [6.07, 6.45) is 2.01. The van der Waals surface area contributed by atoms with Gasteiger partial charge in [0.25, 0.3) is 0 Å². The molecule has 2 aromatic carbocycles. The van der Waals surface area contributed by atoms with E-state index in [1.807, 2.05) is 24.3 Å². The van der Waals surface area contributed by atoms with Crippen molar-refractivity contribution in [1.82, 2.24) is 0 Å². The number of methoxy groups -OCH3 is 1. The van der Waals surface area contributed by atoms with Crippen LogP contribution in [0, 0.1) is 0 Å². The molecule has 0 aromatic heterocycles. The summed E-state index contributed by atoms with van der Waals surface area (Å²) >= 11 is 0. The van der Waals surface area contributed by atoms with E-state index in [1.54, 1.807) is 7.11 Å². The van der Waals surface area contributed by atoms with Crippen molar-refractivity contribution >= 4 is 5.69 Å². The lowest BCUT2D eigenvalue weighted by molar-refractivity contribution is 0.289. The molecule has 0 bridgehead atoms. The third-order valence-corrected chi connectivity index (χ3v) is 3.25. The highest BCUT2D eigenvalue weighted by molar-refractivity contribution is 5.54. The molecule has 0 amide bonds. The summed E-state index contributed by atoms with van der Waals surface area (Å²) in [5, 5.41) is 3.26. The first-order valence-electron chi connectivity index (χ1n) is 7.42. The Hall–Kier alpha value is -2.16. The van der Waals surface area contributed by atoms with Gasteiger partial charge >= 0.3 is 0 Å². The van der Waals surface area contributed by atoms with Gasteiger partial charge in [0, 0.05) is 18.3 Å². The molecule has 0 heterocycles. The number of hydrogen-bond acceptors (Lipinski definition) is 3. The molecule has 0 saturated carbocycles. The molecule has 2 aromatic rings. The summed E-state index contributed by atoms with van der Waals surface area (Å²) in [6.45, 7) is 3.65. The standard InChI is InChI=1S/C18H23NO2/c1-3-19-16-11-12-17(18(14-16)20-2)21-13-7-10-15-8-5-4-6-9-15/h4-6,8-9,11-12,14,19H,3,7,10,13H2,1-2H3. The number of benzene rings is 2. The molecule has 0 aliphatic rings. The fraction of sp³-hybridized carbons (Fsp3) is 0.333. The predicted molar refractivity (Wildman–Crippen MR) is 87.4 cm³/mol. The lowest BCUT2D eigenvalue weighted by Gasteiger charge is -2.12. The minimum atomic E-state index is 0.686. The molecule has 0 fully saturated rings. The number of anilines is 1. The van der Waals surface area contributed by atoms with E-state index in [2.05, 4.69) is 36.5 Å². The molecule has 0 radical (unpaired) electrons. The van der Waals surface area contributed by atoms with Crippen LogP contribution in [0.4, 0.5) is 5.69 Å². The van der Waals surface area contributed by atoms with Crippen LogP contribution in [0.15, 0.2) is 48.5 Å². The molecule has 0 spiro atoms. The molecule has 21 heavy (non-hydrogen) atoms. The average Bonchev–Trinajstić information content (AvgIpc) is 2.53. The molecule has 3 nitrogen and oxygen atoms in total. The summed E-state index contributed by atoms with van der Waals surface area (Å²) in [7, 11) is 1.67. The van der Waals surface area contributed by atoms with Crippen molar-refractivity contribution in [3.05, 3.63) is 54.1 Å². The molecule has 112 valence electrons. The zero-order chi connectivity index (χ0) is 14.9. The third-order valence-electron chi connectivity index (χ3n) is 3.25. The Kier molecular flexibility index (Phi) is 5.95. The van der Waals surface area contributed by atoms with Crippen LogP contribution in [0.1, 0.15) is 18.9 Å². The van der Waals surface area contributed by atoms with E-state index >= 15 is 0 Å². The molecule has 0 aliphatic heterocycles. The maximum absolute atomic E-state index is 5.83. The third kappa shape index (κ3) is 4.71. The van der Waals surface area contributed by atoms with Gasteiger partial charge in [0.1, 0.15) is 0 Å². The molecule has 0 unspecified atom stereocenters. The van der Waals surface area contributed by atoms with E-state index in [9.17, 15) is 0 Å². The first-order valence-corrected chi connectivity index (χ1v) is 7.42. The van der Waals surface area contributed by atoms with Crippen LogP contribution in [0.2, 0.25) is 0 Å². The average molecular weight is 285 g/mol. The van der Waals surface area contributed by atoms with Gasteiger partial charge in [-0.25, -0.2) is 0 Å². The zero-order valence-electron chi connectivity index (χ0n) is 12.8. The van der Waals surface area contributed by atoms with Crippen molar-refractivity contribution < 1.29 is 9.47 Å². The second kappa shape index (κ2) is 8.20. The maximum Gasteiger partial charge on any atom is 0.162 e. The van der Waals surface area contributed by atoms with Crippen molar-refractivity contribution in [3.63, 3.8) is 0 Å². The number of hydrogen-bond donors (Lipinski definition) is 1. The Balaban J connectivity index is 1.85. The molecule has 1 N–H and O–H groups in total. The van der Waals surface area contributed by atoms with Crippen LogP contribution in [-0.4, -0.2) is 20.3 Å². The van der Waals surface area contributed by atoms with Gasteiger partial charge in [0.05, 0.1) is 13.7 Å². The number of nitrogens with one attached hydrogen (secondary N) is 1. The first-order chi connectivity index (χ1) is 10.3. The summed E-state index contributed by atoms with van der Waals surface area (Å²) < 4.78 is 11.2. The molecule has 0 atom stereocenters. The summed E-state index contributed by atoms with van der Waals surface area (Å²) in [5.74, 6) is 1.57. The van der Waals surface area contributed by atoms with Crippen LogP contribution in [0.5, 0.6) is 11.5 Å². The van der Waals surface area contributed by atoms with E-state index < -0.39 is 0 Å². The van der Waals surface area contributed by atoms with Gasteiger partial charge in [-0.15, -0.1) is 0 Å². The molecule has 2 rings (SSSR count). The fourth-order valence-electron chi connectivity index (χ4n) is 2.20. The van der Waals surface area contributed by atoms with Crippen molar-refractivity contribution in [2.45, 2.75) is 19.8 Å². The molecular formula is C18H23NO2. The fourth-order valence-corrected chi connectivity index (χ4v) is 2.20.